The minimum atomic E-state index is -0.703. The van der Waals surface area contributed by atoms with Crippen LogP contribution in [-0.2, 0) is 0 Å². The molecule has 0 aliphatic heterocycles. The Morgan fingerprint density at radius 2 is 2.41 bits per heavy atom. The average Bonchev–Trinajstić information content (AvgIpc) is 3.12. The van der Waals surface area contributed by atoms with E-state index in [4.69, 9.17) is 0 Å². The minimum Gasteiger partial charge on any atom is -0.349 e. The maximum absolute atomic E-state index is 13.3. The SMILES string of the molecule is CCC(CC1CC1)NC(=O)c1cccnc1F. The van der Waals surface area contributed by atoms with E-state index in [1.807, 2.05) is 6.92 Å². The molecule has 1 amide bonds. The van der Waals surface area contributed by atoms with Crippen molar-refractivity contribution in [3.63, 3.8) is 0 Å². The van der Waals surface area contributed by atoms with Crippen molar-refractivity contribution in [1.82, 2.24) is 10.3 Å². The summed E-state index contributed by atoms with van der Waals surface area (Å²) in [6.45, 7) is 2.03. The molecule has 17 heavy (non-hydrogen) atoms. The summed E-state index contributed by atoms with van der Waals surface area (Å²) in [7, 11) is 0. The predicted molar refractivity (Wildman–Crippen MR) is 63.1 cm³/mol. The summed E-state index contributed by atoms with van der Waals surface area (Å²) < 4.78 is 13.3. The number of hydrogen-bond donors (Lipinski definition) is 1. The van der Waals surface area contributed by atoms with Crippen molar-refractivity contribution >= 4 is 5.91 Å². The standard InChI is InChI=1S/C13H17FN2O/c1-2-10(8-9-5-6-9)16-13(17)11-4-3-7-15-12(11)14/h3-4,7,9-10H,2,5-6,8H2,1H3,(H,16,17). The Balaban J connectivity index is 1.97. The molecule has 3 nitrogen and oxygen atoms in total. The van der Waals surface area contributed by atoms with E-state index in [0.29, 0.717) is 0 Å². The summed E-state index contributed by atoms with van der Waals surface area (Å²) in [6.07, 6.45) is 5.74. The van der Waals surface area contributed by atoms with Crippen LogP contribution in [0, 0.1) is 11.9 Å². The number of amides is 1. The molecule has 1 unspecified atom stereocenters. The third-order valence-electron chi connectivity index (χ3n) is 3.15. The lowest BCUT2D eigenvalue weighted by molar-refractivity contribution is 0.0927. The van der Waals surface area contributed by atoms with Crippen molar-refractivity contribution in [3.05, 3.63) is 29.8 Å². The summed E-state index contributed by atoms with van der Waals surface area (Å²) in [5.41, 5.74) is 0.0294. The van der Waals surface area contributed by atoms with Crippen LogP contribution in [0.4, 0.5) is 4.39 Å². The Hall–Kier alpha value is -1.45. The number of rotatable bonds is 5. The van der Waals surface area contributed by atoms with E-state index < -0.39 is 5.95 Å². The summed E-state index contributed by atoms with van der Waals surface area (Å²) in [5.74, 6) is -0.312. The van der Waals surface area contributed by atoms with Gasteiger partial charge >= 0.3 is 0 Å². The molecule has 0 spiro atoms. The monoisotopic (exact) mass is 236 g/mol. The molecule has 2 rings (SSSR count). The van der Waals surface area contributed by atoms with E-state index >= 15 is 0 Å². The van der Waals surface area contributed by atoms with Crippen LogP contribution in [0.25, 0.3) is 0 Å². The van der Waals surface area contributed by atoms with Crippen LogP contribution in [-0.4, -0.2) is 16.9 Å². The first-order valence-electron chi connectivity index (χ1n) is 6.12. The molecule has 1 N–H and O–H groups in total. The second kappa shape index (κ2) is 5.25. The molecule has 1 fully saturated rings. The topological polar surface area (TPSA) is 42.0 Å². The Morgan fingerprint density at radius 3 is 3.00 bits per heavy atom. The zero-order valence-corrected chi connectivity index (χ0v) is 9.95. The van der Waals surface area contributed by atoms with Gasteiger partial charge in [-0.3, -0.25) is 4.79 Å². The first kappa shape index (κ1) is 12.0. The van der Waals surface area contributed by atoms with Gasteiger partial charge in [0.25, 0.3) is 5.91 Å². The van der Waals surface area contributed by atoms with E-state index in [1.165, 1.54) is 25.1 Å². The summed E-state index contributed by atoms with van der Waals surface area (Å²) in [6, 6.07) is 3.18. The molecular formula is C13H17FN2O. The van der Waals surface area contributed by atoms with Gasteiger partial charge in [0.2, 0.25) is 5.95 Å². The third kappa shape index (κ3) is 3.25. The Kier molecular flexibility index (Phi) is 3.71. The Morgan fingerprint density at radius 1 is 1.65 bits per heavy atom. The maximum atomic E-state index is 13.3. The smallest absolute Gasteiger partial charge is 0.256 e. The van der Waals surface area contributed by atoms with Crippen LogP contribution in [0.5, 0.6) is 0 Å². The van der Waals surface area contributed by atoms with Crippen LogP contribution in [0.1, 0.15) is 43.0 Å². The Labute approximate surface area is 100 Å². The molecule has 1 atom stereocenters. The number of nitrogens with one attached hydrogen (secondary N) is 1. The number of halogens is 1. The highest BCUT2D eigenvalue weighted by Gasteiger charge is 2.26. The fourth-order valence-corrected chi connectivity index (χ4v) is 1.90. The van der Waals surface area contributed by atoms with Gasteiger partial charge in [0.05, 0.1) is 5.56 Å². The highest BCUT2D eigenvalue weighted by molar-refractivity contribution is 5.94. The van der Waals surface area contributed by atoms with Gasteiger partial charge in [-0.2, -0.15) is 4.39 Å². The number of carbonyl (C=O) groups is 1. The number of carbonyl (C=O) groups excluding carboxylic acids is 1. The molecule has 0 saturated heterocycles. The van der Waals surface area contributed by atoms with E-state index in [9.17, 15) is 9.18 Å². The second-order valence-corrected chi connectivity index (χ2v) is 4.60. The fraction of sp³-hybridized carbons (Fsp3) is 0.538. The molecule has 92 valence electrons. The van der Waals surface area contributed by atoms with Gasteiger partial charge in [-0.05, 0) is 30.9 Å². The quantitative estimate of drug-likeness (QED) is 0.798. The average molecular weight is 236 g/mol. The van der Waals surface area contributed by atoms with E-state index in [0.717, 1.165) is 18.8 Å². The van der Waals surface area contributed by atoms with E-state index in [-0.39, 0.29) is 17.5 Å². The normalized spacial score (nSPS) is 16.6. The molecule has 1 aliphatic carbocycles. The van der Waals surface area contributed by atoms with E-state index in [2.05, 4.69) is 10.3 Å². The van der Waals surface area contributed by atoms with Crippen molar-refractivity contribution in [2.24, 2.45) is 5.92 Å². The summed E-state index contributed by atoms with van der Waals surface area (Å²) in [5, 5.41) is 2.88. The van der Waals surface area contributed by atoms with Crippen molar-refractivity contribution in [3.8, 4) is 0 Å². The van der Waals surface area contributed by atoms with Gasteiger partial charge in [0.15, 0.2) is 0 Å². The largest absolute Gasteiger partial charge is 0.349 e. The highest BCUT2D eigenvalue weighted by Crippen LogP contribution is 2.34. The Bertz CT molecular complexity index is 404. The van der Waals surface area contributed by atoms with Crippen LogP contribution in [0.15, 0.2) is 18.3 Å². The van der Waals surface area contributed by atoms with Gasteiger partial charge in [0, 0.05) is 12.2 Å². The van der Waals surface area contributed by atoms with Gasteiger partial charge in [0.1, 0.15) is 0 Å². The molecule has 1 aromatic rings. The molecule has 0 aromatic carbocycles. The molecular weight excluding hydrogens is 219 g/mol. The van der Waals surface area contributed by atoms with Crippen LogP contribution >= 0.6 is 0 Å². The van der Waals surface area contributed by atoms with Gasteiger partial charge in [-0.1, -0.05) is 19.8 Å². The highest BCUT2D eigenvalue weighted by atomic mass is 19.1. The van der Waals surface area contributed by atoms with Crippen molar-refractivity contribution in [2.45, 2.75) is 38.6 Å². The zero-order valence-electron chi connectivity index (χ0n) is 9.95. The molecule has 1 aliphatic rings. The number of pyridine rings is 1. The molecule has 1 heterocycles. The lowest BCUT2D eigenvalue weighted by atomic mass is 10.1. The van der Waals surface area contributed by atoms with Crippen molar-refractivity contribution in [2.75, 3.05) is 0 Å². The second-order valence-electron chi connectivity index (χ2n) is 4.60. The van der Waals surface area contributed by atoms with Gasteiger partial charge < -0.3 is 5.32 Å². The summed E-state index contributed by atoms with van der Waals surface area (Å²) >= 11 is 0. The number of hydrogen-bond acceptors (Lipinski definition) is 2. The molecule has 0 radical (unpaired) electrons. The first-order valence-corrected chi connectivity index (χ1v) is 6.12. The molecule has 1 aromatic heterocycles. The van der Waals surface area contributed by atoms with Crippen LogP contribution in [0.2, 0.25) is 0 Å². The maximum Gasteiger partial charge on any atom is 0.256 e. The van der Waals surface area contributed by atoms with Gasteiger partial charge in [-0.25, -0.2) is 4.98 Å². The molecule has 1 saturated carbocycles. The van der Waals surface area contributed by atoms with Crippen molar-refractivity contribution < 1.29 is 9.18 Å². The summed E-state index contributed by atoms with van der Waals surface area (Å²) in [4.78, 5) is 15.3. The number of aromatic nitrogens is 1. The lowest BCUT2D eigenvalue weighted by Crippen LogP contribution is -2.35. The molecule has 0 bridgehead atoms. The first-order chi connectivity index (χ1) is 8.20. The third-order valence-corrected chi connectivity index (χ3v) is 3.15. The number of nitrogens with zero attached hydrogens (tertiary/aromatic N) is 1. The van der Waals surface area contributed by atoms with Crippen molar-refractivity contribution in [1.29, 1.82) is 0 Å². The minimum absolute atomic E-state index is 0.0294. The predicted octanol–water partition coefficient (Wildman–Crippen LogP) is 2.53. The molecule has 4 heteroatoms. The van der Waals surface area contributed by atoms with Crippen LogP contribution in [0.3, 0.4) is 0 Å². The fourth-order valence-electron chi connectivity index (χ4n) is 1.90. The zero-order chi connectivity index (χ0) is 12.3. The van der Waals surface area contributed by atoms with Gasteiger partial charge in [-0.15, -0.1) is 0 Å². The lowest BCUT2D eigenvalue weighted by Gasteiger charge is -2.16. The van der Waals surface area contributed by atoms with E-state index in [1.54, 1.807) is 6.07 Å². The van der Waals surface area contributed by atoms with Crippen LogP contribution < -0.4 is 5.32 Å².